The van der Waals surface area contributed by atoms with E-state index < -0.39 is 0 Å². The van der Waals surface area contributed by atoms with Crippen molar-refractivity contribution in [3.05, 3.63) is 52.4 Å². The van der Waals surface area contributed by atoms with Gasteiger partial charge in [-0.25, -0.2) is 0 Å². The number of aryl methyl sites for hydroxylation is 1. The van der Waals surface area contributed by atoms with Crippen molar-refractivity contribution >= 4 is 17.1 Å². The van der Waals surface area contributed by atoms with Gasteiger partial charge in [0, 0.05) is 44.6 Å². The average molecular weight is 298 g/mol. The normalized spacial score (nSPS) is 15.2. The number of pyridine rings is 1. The first-order valence-electron chi connectivity index (χ1n) is 7.59. The molecule has 1 aromatic carbocycles. The van der Waals surface area contributed by atoms with Gasteiger partial charge in [0.15, 0.2) is 0 Å². The molecule has 22 heavy (non-hydrogen) atoms. The number of nitrogens with two attached hydrogens (primary N) is 1. The largest absolute Gasteiger partial charge is 0.393 e. The Labute approximate surface area is 130 Å². The molecular formula is C17H22N4O. The standard InChI is InChI=1S/C17H22N4O/c1-13-12-15(16(18)17(22)19(13)2)21-10-8-20(9-11-21)14-6-4-3-5-7-14/h3-7,12H,8-11,18H2,1-2H3. The number of anilines is 3. The second-order valence-corrected chi connectivity index (χ2v) is 5.76. The molecule has 1 aromatic heterocycles. The van der Waals surface area contributed by atoms with Crippen molar-refractivity contribution in [3.8, 4) is 0 Å². The van der Waals surface area contributed by atoms with Crippen LogP contribution in [-0.2, 0) is 7.05 Å². The summed E-state index contributed by atoms with van der Waals surface area (Å²) in [6.45, 7) is 5.53. The molecule has 2 aromatic rings. The summed E-state index contributed by atoms with van der Waals surface area (Å²) in [5.41, 5.74) is 9.32. The fourth-order valence-corrected chi connectivity index (χ4v) is 2.93. The van der Waals surface area contributed by atoms with E-state index in [0.717, 1.165) is 37.6 Å². The minimum Gasteiger partial charge on any atom is -0.393 e. The first-order valence-corrected chi connectivity index (χ1v) is 7.59. The third-order valence-electron chi connectivity index (χ3n) is 4.43. The highest BCUT2D eigenvalue weighted by Crippen LogP contribution is 2.24. The molecule has 5 heteroatoms. The quantitative estimate of drug-likeness (QED) is 0.915. The Morgan fingerprint density at radius 1 is 1.00 bits per heavy atom. The van der Waals surface area contributed by atoms with Gasteiger partial charge in [-0.05, 0) is 25.1 Å². The lowest BCUT2D eigenvalue weighted by atomic mass is 10.2. The molecule has 5 nitrogen and oxygen atoms in total. The molecule has 3 rings (SSSR count). The van der Waals surface area contributed by atoms with E-state index in [1.807, 2.05) is 19.1 Å². The van der Waals surface area contributed by atoms with Gasteiger partial charge in [0.1, 0.15) is 5.69 Å². The summed E-state index contributed by atoms with van der Waals surface area (Å²) in [6, 6.07) is 12.4. The van der Waals surface area contributed by atoms with Crippen LogP contribution in [0.25, 0.3) is 0 Å². The number of hydrogen-bond donors (Lipinski definition) is 1. The van der Waals surface area contributed by atoms with Crippen LogP contribution in [0.2, 0.25) is 0 Å². The van der Waals surface area contributed by atoms with Crippen molar-refractivity contribution in [2.75, 3.05) is 41.7 Å². The lowest BCUT2D eigenvalue weighted by Crippen LogP contribution is -2.47. The van der Waals surface area contributed by atoms with Crippen molar-refractivity contribution < 1.29 is 0 Å². The molecule has 1 saturated heterocycles. The van der Waals surface area contributed by atoms with Crippen molar-refractivity contribution in [2.45, 2.75) is 6.92 Å². The maximum Gasteiger partial charge on any atom is 0.275 e. The maximum atomic E-state index is 12.1. The number of piperazine rings is 1. The molecule has 0 radical (unpaired) electrons. The van der Waals surface area contributed by atoms with Crippen LogP contribution in [0.4, 0.5) is 17.1 Å². The van der Waals surface area contributed by atoms with Crippen molar-refractivity contribution in [1.82, 2.24) is 4.57 Å². The molecule has 1 aliphatic heterocycles. The molecule has 0 aliphatic carbocycles. The molecule has 1 fully saturated rings. The van der Waals surface area contributed by atoms with Gasteiger partial charge in [0.25, 0.3) is 5.56 Å². The average Bonchev–Trinajstić information content (AvgIpc) is 2.57. The summed E-state index contributed by atoms with van der Waals surface area (Å²) < 4.78 is 1.60. The molecule has 1 aliphatic rings. The first-order chi connectivity index (χ1) is 10.6. The molecule has 2 heterocycles. The Kier molecular flexibility index (Phi) is 3.79. The highest BCUT2D eigenvalue weighted by Gasteiger charge is 2.20. The number of benzene rings is 1. The van der Waals surface area contributed by atoms with Gasteiger partial charge in [-0.15, -0.1) is 0 Å². The Bertz CT molecular complexity index is 715. The van der Waals surface area contributed by atoms with Crippen LogP contribution in [0.3, 0.4) is 0 Å². The SMILES string of the molecule is Cc1cc(N2CCN(c3ccccc3)CC2)c(N)c(=O)n1C. The minimum atomic E-state index is -0.111. The summed E-state index contributed by atoms with van der Waals surface area (Å²) in [4.78, 5) is 16.7. The zero-order valence-corrected chi connectivity index (χ0v) is 13.1. The number of rotatable bonds is 2. The van der Waals surface area contributed by atoms with Crippen molar-refractivity contribution in [2.24, 2.45) is 7.05 Å². The number of para-hydroxylation sites is 1. The number of nitrogens with zero attached hydrogens (tertiary/aromatic N) is 3. The van der Waals surface area contributed by atoms with Gasteiger partial charge in [-0.2, -0.15) is 0 Å². The summed E-state index contributed by atoms with van der Waals surface area (Å²) in [7, 11) is 1.76. The van der Waals surface area contributed by atoms with E-state index in [9.17, 15) is 4.79 Å². The monoisotopic (exact) mass is 298 g/mol. The van der Waals surface area contributed by atoms with Gasteiger partial charge in [0.05, 0.1) is 5.69 Å². The van der Waals surface area contributed by atoms with Gasteiger partial charge < -0.3 is 20.1 Å². The summed E-state index contributed by atoms with van der Waals surface area (Å²) in [5.74, 6) is 0. The zero-order valence-electron chi connectivity index (χ0n) is 13.1. The Morgan fingerprint density at radius 3 is 2.23 bits per heavy atom. The topological polar surface area (TPSA) is 54.5 Å². The molecule has 0 amide bonds. The van der Waals surface area contributed by atoms with Gasteiger partial charge in [-0.1, -0.05) is 18.2 Å². The van der Waals surface area contributed by atoms with Crippen LogP contribution in [-0.4, -0.2) is 30.7 Å². The van der Waals surface area contributed by atoms with Gasteiger partial charge in [0.2, 0.25) is 0 Å². The van der Waals surface area contributed by atoms with Crippen LogP contribution in [0.15, 0.2) is 41.2 Å². The first kappa shape index (κ1) is 14.5. The fraction of sp³-hybridized carbons (Fsp3) is 0.353. The predicted molar refractivity (Wildman–Crippen MR) is 91.7 cm³/mol. The lowest BCUT2D eigenvalue weighted by molar-refractivity contribution is 0.652. The molecule has 116 valence electrons. The fourth-order valence-electron chi connectivity index (χ4n) is 2.93. The van der Waals surface area contributed by atoms with Gasteiger partial charge in [-0.3, -0.25) is 4.79 Å². The van der Waals surface area contributed by atoms with Crippen LogP contribution < -0.4 is 21.1 Å². The molecule has 0 bridgehead atoms. The lowest BCUT2D eigenvalue weighted by Gasteiger charge is -2.37. The van der Waals surface area contributed by atoms with Crippen molar-refractivity contribution in [1.29, 1.82) is 0 Å². The second-order valence-electron chi connectivity index (χ2n) is 5.76. The van der Waals surface area contributed by atoms with Crippen LogP contribution in [0.5, 0.6) is 0 Å². The van der Waals surface area contributed by atoms with E-state index in [4.69, 9.17) is 5.73 Å². The Hall–Kier alpha value is -2.43. The van der Waals surface area contributed by atoms with Crippen LogP contribution in [0.1, 0.15) is 5.69 Å². The second kappa shape index (κ2) is 5.75. The number of nitrogen functional groups attached to an aromatic ring is 1. The summed E-state index contributed by atoms with van der Waals surface area (Å²) in [5, 5.41) is 0. The summed E-state index contributed by atoms with van der Waals surface area (Å²) >= 11 is 0. The molecule has 0 unspecified atom stereocenters. The number of aromatic nitrogens is 1. The van der Waals surface area contributed by atoms with Crippen LogP contribution in [0, 0.1) is 6.92 Å². The summed E-state index contributed by atoms with van der Waals surface area (Å²) in [6.07, 6.45) is 0. The third kappa shape index (κ3) is 2.54. The molecule has 0 spiro atoms. The van der Waals surface area contributed by atoms with E-state index in [-0.39, 0.29) is 5.56 Å². The third-order valence-corrected chi connectivity index (χ3v) is 4.43. The highest BCUT2D eigenvalue weighted by atomic mass is 16.1. The molecule has 0 atom stereocenters. The maximum absolute atomic E-state index is 12.1. The molecular weight excluding hydrogens is 276 g/mol. The van der Waals surface area contributed by atoms with Crippen LogP contribution >= 0.6 is 0 Å². The predicted octanol–water partition coefficient (Wildman–Crippen LogP) is 1.60. The zero-order chi connectivity index (χ0) is 15.7. The van der Waals surface area contributed by atoms with Crippen molar-refractivity contribution in [3.63, 3.8) is 0 Å². The number of hydrogen-bond acceptors (Lipinski definition) is 4. The van der Waals surface area contributed by atoms with E-state index in [0.29, 0.717) is 5.69 Å². The van der Waals surface area contributed by atoms with E-state index in [1.54, 1.807) is 11.6 Å². The Morgan fingerprint density at radius 2 is 1.59 bits per heavy atom. The van der Waals surface area contributed by atoms with E-state index in [1.165, 1.54) is 5.69 Å². The van der Waals surface area contributed by atoms with E-state index in [2.05, 4.69) is 34.1 Å². The minimum absolute atomic E-state index is 0.111. The Balaban J connectivity index is 1.79. The van der Waals surface area contributed by atoms with Gasteiger partial charge >= 0.3 is 0 Å². The smallest absolute Gasteiger partial charge is 0.275 e. The molecule has 2 N–H and O–H groups in total. The highest BCUT2D eigenvalue weighted by molar-refractivity contribution is 5.67. The molecule has 0 saturated carbocycles. The van der Waals surface area contributed by atoms with E-state index >= 15 is 0 Å².